The number of hydrogen-bond acceptors (Lipinski definition) is 3. The number of rotatable bonds is 3. The lowest BCUT2D eigenvalue weighted by atomic mass is 10.1. The first-order chi connectivity index (χ1) is 12.7. The SMILES string of the molecule is Cc1ccc(C)c(N2C(=O)N(Cc3ccc(F)cc3)[C@@H]3CS(=O)(=O)C[C@H]32)c1. The fourth-order valence-electron chi connectivity index (χ4n) is 4.01. The van der Waals surface area contributed by atoms with Crippen molar-refractivity contribution in [3.63, 3.8) is 0 Å². The van der Waals surface area contributed by atoms with E-state index >= 15 is 0 Å². The molecule has 0 saturated carbocycles. The zero-order chi connectivity index (χ0) is 19.3. The van der Waals surface area contributed by atoms with E-state index in [2.05, 4.69) is 0 Å². The highest BCUT2D eigenvalue weighted by Gasteiger charge is 2.54. The molecule has 4 rings (SSSR count). The Morgan fingerprint density at radius 1 is 1.04 bits per heavy atom. The van der Waals surface area contributed by atoms with E-state index < -0.39 is 21.9 Å². The number of nitrogens with zero attached hydrogens (tertiary/aromatic N) is 2. The van der Waals surface area contributed by atoms with Crippen LogP contribution in [0.1, 0.15) is 16.7 Å². The summed E-state index contributed by atoms with van der Waals surface area (Å²) in [6.07, 6.45) is 0. The molecular weight excluding hydrogens is 367 g/mol. The number of hydrogen-bond donors (Lipinski definition) is 0. The van der Waals surface area contributed by atoms with Gasteiger partial charge in [0.2, 0.25) is 0 Å². The first-order valence-electron chi connectivity index (χ1n) is 8.87. The average molecular weight is 388 g/mol. The second-order valence-corrected chi connectivity index (χ2v) is 9.56. The minimum absolute atomic E-state index is 0.0310. The molecule has 2 amide bonds. The van der Waals surface area contributed by atoms with Crippen molar-refractivity contribution in [2.24, 2.45) is 0 Å². The Labute approximate surface area is 158 Å². The van der Waals surface area contributed by atoms with Gasteiger partial charge in [0.15, 0.2) is 9.84 Å². The predicted molar refractivity (Wildman–Crippen MR) is 102 cm³/mol. The molecule has 2 aliphatic rings. The Bertz CT molecular complexity index is 1000. The van der Waals surface area contributed by atoms with E-state index in [9.17, 15) is 17.6 Å². The molecule has 5 nitrogen and oxygen atoms in total. The molecule has 2 aromatic rings. The lowest BCUT2D eigenvalue weighted by molar-refractivity contribution is 0.206. The van der Waals surface area contributed by atoms with Crippen molar-refractivity contribution in [1.82, 2.24) is 4.90 Å². The van der Waals surface area contributed by atoms with Crippen LogP contribution < -0.4 is 4.90 Å². The fraction of sp³-hybridized carbons (Fsp3) is 0.350. The van der Waals surface area contributed by atoms with Gasteiger partial charge in [-0.25, -0.2) is 17.6 Å². The lowest BCUT2D eigenvalue weighted by Crippen LogP contribution is -2.38. The van der Waals surface area contributed by atoms with Crippen LogP contribution in [0, 0.1) is 19.7 Å². The van der Waals surface area contributed by atoms with Crippen molar-refractivity contribution >= 4 is 21.6 Å². The second-order valence-electron chi connectivity index (χ2n) is 7.41. The van der Waals surface area contributed by atoms with Gasteiger partial charge in [-0.1, -0.05) is 24.3 Å². The molecule has 2 atom stereocenters. The number of halogens is 1. The number of carbonyl (C=O) groups is 1. The topological polar surface area (TPSA) is 57.7 Å². The molecule has 2 aromatic carbocycles. The summed E-state index contributed by atoms with van der Waals surface area (Å²) in [6, 6.07) is 10.8. The summed E-state index contributed by atoms with van der Waals surface area (Å²) in [4.78, 5) is 16.5. The molecule has 142 valence electrons. The second kappa shape index (κ2) is 6.34. The van der Waals surface area contributed by atoms with Gasteiger partial charge in [0.1, 0.15) is 5.82 Å². The summed E-state index contributed by atoms with van der Waals surface area (Å²) in [7, 11) is -3.22. The Hall–Kier alpha value is -2.41. The summed E-state index contributed by atoms with van der Waals surface area (Å²) in [5.74, 6) is -0.410. The molecule has 27 heavy (non-hydrogen) atoms. The van der Waals surface area contributed by atoms with E-state index in [-0.39, 0.29) is 29.9 Å². The smallest absolute Gasteiger partial charge is 0.314 e. The van der Waals surface area contributed by atoms with Crippen LogP contribution in [-0.2, 0) is 16.4 Å². The molecule has 0 radical (unpaired) electrons. The summed E-state index contributed by atoms with van der Waals surface area (Å²) in [5, 5.41) is 0. The summed E-state index contributed by atoms with van der Waals surface area (Å²) in [5.41, 5.74) is 3.47. The van der Waals surface area contributed by atoms with Crippen LogP contribution in [0.2, 0.25) is 0 Å². The Kier molecular flexibility index (Phi) is 4.22. The van der Waals surface area contributed by atoms with Gasteiger partial charge in [-0.2, -0.15) is 0 Å². The Balaban J connectivity index is 1.73. The van der Waals surface area contributed by atoms with Gasteiger partial charge in [-0.3, -0.25) is 4.90 Å². The van der Waals surface area contributed by atoms with E-state index in [1.54, 1.807) is 21.9 Å². The zero-order valence-corrected chi connectivity index (χ0v) is 16.0. The highest BCUT2D eigenvalue weighted by atomic mass is 32.2. The van der Waals surface area contributed by atoms with Crippen LogP contribution in [-0.4, -0.2) is 42.9 Å². The standard InChI is InChI=1S/C20H21FN2O3S/c1-13-3-4-14(2)17(9-13)23-19-12-27(25,26)11-18(19)22(20(23)24)10-15-5-7-16(21)8-6-15/h3-9,18-19H,10-12H2,1-2H3/t18-,19-/m1/s1. The lowest BCUT2D eigenvalue weighted by Gasteiger charge is -2.24. The van der Waals surface area contributed by atoms with Crippen LogP contribution in [0.3, 0.4) is 0 Å². The van der Waals surface area contributed by atoms with E-state index in [1.165, 1.54) is 12.1 Å². The maximum Gasteiger partial charge on any atom is 0.325 e. The maximum absolute atomic E-state index is 13.2. The van der Waals surface area contributed by atoms with Crippen LogP contribution in [0.25, 0.3) is 0 Å². The van der Waals surface area contributed by atoms with Crippen molar-refractivity contribution in [3.05, 3.63) is 65.0 Å². The average Bonchev–Trinajstić information content (AvgIpc) is 3.03. The molecule has 0 aromatic heterocycles. The first kappa shape index (κ1) is 18.0. The number of fused-ring (bicyclic) bond motifs is 1. The number of urea groups is 1. The van der Waals surface area contributed by atoms with Crippen LogP contribution in [0.4, 0.5) is 14.9 Å². The van der Waals surface area contributed by atoms with Crippen molar-refractivity contribution in [2.75, 3.05) is 16.4 Å². The molecule has 2 fully saturated rings. The molecule has 0 spiro atoms. The molecule has 0 N–H and O–H groups in total. The van der Waals surface area contributed by atoms with Gasteiger partial charge < -0.3 is 4.90 Å². The Morgan fingerprint density at radius 3 is 2.41 bits per heavy atom. The van der Waals surface area contributed by atoms with Gasteiger partial charge in [-0.05, 0) is 48.7 Å². The van der Waals surface area contributed by atoms with Crippen LogP contribution >= 0.6 is 0 Å². The predicted octanol–water partition coefficient (Wildman–Crippen LogP) is 3.05. The van der Waals surface area contributed by atoms with Gasteiger partial charge in [0, 0.05) is 12.2 Å². The maximum atomic E-state index is 13.2. The summed E-state index contributed by atoms with van der Waals surface area (Å²) < 4.78 is 37.8. The monoisotopic (exact) mass is 388 g/mol. The van der Waals surface area contributed by atoms with Gasteiger partial charge in [0.25, 0.3) is 0 Å². The van der Waals surface area contributed by atoms with Gasteiger partial charge in [-0.15, -0.1) is 0 Å². The van der Waals surface area contributed by atoms with Gasteiger partial charge >= 0.3 is 6.03 Å². The number of carbonyl (C=O) groups excluding carboxylic acids is 1. The normalized spacial score (nSPS) is 23.7. The van der Waals surface area contributed by atoms with Crippen molar-refractivity contribution < 1.29 is 17.6 Å². The molecule has 0 unspecified atom stereocenters. The van der Waals surface area contributed by atoms with E-state index in [0.717, 1.165) is 22.4 Å². The fourth-order valence-corrected chi connectivity index (χ4v) is 5.96. The first-order valence-corrected chi connectivity index (χ1v) is 10.7. The zero-order valence-electron chi connectivity index (χ0n) is 15.2. The number of sulfone groups is 1. The van der Waals surface area contributed by atoms with Crippen LogP contribution in [0.5, 0.6) is 0 Å². The van der Waals surface area contributed by atoms with E-state index in [0.29, 0.717) is 0 Å². The van der Waals surface area contributed by atoms with E-state index in [4.69, 9.17) is 0 Å². The summed E-state index contributed by atoms with van der Waals surface area (Å²) in [6.45, 7) is 4.13. The number of anilines is 1. The minimum Gasteiger partial charge on any atom is -0.314 e. The highest BCUT2D eigenvalue weighted by molar-refractivity contribution is 7.91. The van der Waals surface area contributed by atoms with E-state index in [1.807, 2.05) is 32.0 Å². The molecule has 0 bridgehead atoms. The summed E-state index contributed by atoms with van der Waals surface area (Å²) >= 11 is 0. The van der Waals surface area contributed by atoms with Crippen molar-refractivity contribution in [2.45, 2.75) is 32.5 Å². The molecule has 2 aliphatic heterocycles. The molecule has 2 saturated heterocycles. The Morgan fingerprint density at radius 2 is 1.70 bits per heavy atom. The molecular formula is C20H21FN2O3S. The van der Waals surface area contributed by atoms with Crippen LogP contribution in [0.15, 0.2) is 42.5 Å². The molecule has 2 heterocycles. The third kappa shape index (κ3) is 3.20. The highest BCUT2D eigenvalue weighted by Crippen LogP contribution is 2.37. The number of benzene rings is 2. The molecule has 7 heteroatoms. The number of amides is 2. The van der Waals surface area contributed by atoms with Crippen molar-refractivity contribution in [3.8, 4) is 0 Å². The third-order valence-corrected chi connectivity index (χ3v) is 7.07. The van der Waals surface area contributed by atoms with Gasteiger partial charge in [0.05, 0.1) is 23.6 Å². The largest absolute Gasteiger partial charge is 0.325 e. The minimum atomic E-state index is -3.22. The van der Waals surface area contributed by atoms with Crippen molar-refractivity contribution in [1.29, 1.82) is 0 Å². The third-order valence-electron chi connectivity index (χ3n) is 5.37. The molecule has 0 aliphatic carbocycles. The quantitative estimate of drug-likeness (QED) is 0.760. The number of aryl methyl sites for hydroxylation is 2.